The Bertz CT molecular complexity index is 464. The van der Waals surface area contributed by atoms with E-state index in [1.54, 1.807) is 0 Å². The minimum Gasteiger partial charge on any atom is -0.338 e. The molecule has 3 atom stereocenters. The van der Waals surface area contributed by atoms with E-state index in [-0.39, 0.29) is 35.4 Å². The topological polar surface area (TPSA) is 80.5 Å². The van der Waals surface area contributed by atoms with E-state index in [2.05, 4.69) is 6.92 Å². The summed E-state index contributed by atoms with van der Waals surface area (Å²) < 4.78 is 23.4. The molecule has 0 bridgehead atoms. The molecule has 6 heteroatoms. The smallest absolute Gasteiger partial charge is 0.227 e. The predicted octanol–water partition coefficient (Wildman–Crippen LogP) is 1.32. The molecule has 0 spiro atoms. The molecule has 1 aliphatic carbocycles. The van der Waals surface area contributed by atoms with Gasteiger partial charge in [-0.05, 0) is 25.7 Å². The molecule has 21 heavy (non-hydrogen) atoms. The predicted molar refractivity (Wildman–Crippen MR) is 83.6 cm³/mol. The van der Waals surface area contributed by atoms with Crippen LogP contribution in [0.15, 0.2) is 0 Å². The van der Waals surface area contributed by atoms with Gasteiger partial charge in [0, 0.05) is 18.6 Å². The molecular formula is C15H28N2O3S. The van der Waals surface area contributed by atoms with Crippen LogP contribution in [0, 0.1) is 5.92 Å². The Kier molecular flexibility index (Phi) is 5.66. The first-order valence-corrected chi connectivity index (χ1v) is 10.0. The standard InChI is InChI=1S/C15H28N2O3S/c1-2-3-9-17(12-8-10-21(19,20)11-12)15(18)13-6-4-5-7-14(13)16/h12-14H,2-11,16H2,1H3. The fourth-order valence-corrected chi connectivity index (χ4v) is 5.23. The first-order valence-electron chi connectivity index (χ1n) is 8.21. The van der Waals surface area contributed by atoms with Gasteiger partial charge in [-0.15, -0.1) is 0 Å². The van der Waals surface area contributed by atoms with Gasteiger partial charge in [-0.2, -0.15) is 0 Å². The van der Waals surface area contributed by atoms with Gasteiger partial charge < -0.3 is 10.6 Å². The molecule has 1 saturated heterocycles. The molecule has 122 valence electrons. The van der Waals surface area contributed by atoms with E-state index in [4.69, 9.17) is 5.73 Å². The Morgan fingerprint density at radius 1 is 1.24 bits per heavy atom. The number of carbonyl (C=O) groups is 1. The number of hydrogen-bond acceptors (Lipinski definition) is 4. The van der Waals surface area contributed by atoms with Crippen molar-refractivity contribution in [1.82, 2.24) is 4.90 Å². The second kappa shape index (κ2) is 7.09. The normalized spacial score (nSPS) is 32.0. The van der Waals surface area contributed by atoms with Crippen molar-refractivity contribution < 1.29 is 13.2 Å². The van der Waals surface area contributed by atoms with Crippen LogP contribution in [0.4, 0.5) is 0 Å². The highest BCUT2D eigenvalue weighted by Gasteiger charge is 2.38. The van der Waals surface area contributed by atoms with E-state index in [9.17, 15) is 13.2 Å². The van der Waals surface area contributed by atoms with Crippen LogP contribution in [-0.2, 0) is 14.6 Å². The molecule has 1 amide bonds. The third-order valence-electron chi connectivity index (χ3n) is 4.82. The van der Waals surface area contributed by atoms with Gasteiger partial charge in [-0.1, -0.05) is 26.2 Å². The van der Waals surface area contributed by atoms with Gasteiger partial charge in [-0.25, -0.2) is 8.42 Å². The van der Waals surface area contributed by atoms with E-state index in [1.807, 2.05) is 4.90 Å². The first-order chi connectivity index (χ1) is 9.94. The van der Waals surface area contributed by atoms with Crippen LogP contribution >= 0.6 is 0 Å². The SMILES string of the molecule is CCCCN(C(=O)C1CCCCC1N)C1CCS(=O)(=O)C1. The van der Waals surface area contributed by atoms with Crippen molar-refractivity contribution in [1.29, 1.82) is 0 Å². The number of amides is 1. The van der Waals surface area contributed by atoms with Gasteiger partial charge in [0.2, 0.25) is 5.91 Å². The van der Waals surface area contributed by atoms with Crippen LogP contribution in [0.5, 0.6) is 0 Å². The Labute approximate surface area is 128 Å². The number of carbonyl (C=O) groups excluding carboxylic acids is 1. The van der Waals surface area contributed by atoms with E-state index in [0.717, 1.165) is 38.5 Å². The lowest BCUT2D eigenvalue weighted by atomic mass is 9.84. The van der Waals surface area contributed by atoms with Crippen molar-refractivity contribution in [3.8, 4) is 0 Å². The average molecular weight is 316 g/mol. The maximum atomic E-state index is 12.9. The molecule has 2 rings (SSSR count). The fraction of sp³-hybridized carbons (Fsp3) is 0.933. The van der Waals surface area contributed by atoms with E-state index >= 15 is 0 Å². The first kappa shape index (κ1) is 16.7. The quantitative estimate of drug-likeness (QED) is 0.829. The Hall–Kier alpha value is -0.620. The van der Waals surface area contributed by atoms with Crippen LogP contribution in [0.1, 0.15) is 51.9 Å². The summed E-state index contributed by atoms with van der Waals surface area (Å²) in [5.41, 5.74) is 6.13. The minimum atomic E-state index is -2.97. The van der Waals surface area contributed by atoms with Gasteiger partial charge >= 0.3 is 0 Å². The van der Waals surface area contributed by atoms with Crippen molar-refractivity contribution in [2.75, 3.05) is 18.1 Å². The second-order valence-corrected chi connectivity index (χ2v) is 8.73. The van der Waals surface area contributed by atoms with Crippen molar-refractivity contribution in [2.45, 2.75) is 64.0 Å². The molecule has 1 aliphatic heterocycles. The van der Waals surface area contributed by atoms with Gasteiger partial charge in [-0.3, -0.25) is 4.79 Å². The van der Waals surface area contributed by atoms with Crippen molar-refractivity contribution in [3.05, 3.63) is 0 Å². The van der Waals surface area contributed by atoms with E-state index in [0.29, 0.717) is 13.0 Å². The molecule has 2 aliphatic rings. The second-order valence-electron chi connectivity index (χ2n) is 6.50. The summed E-state index contributed by atoms with van der Waals surface area (Å²) >= 11 is 0. The van der Waals surface area contributed by atoms with Crippen molar-refractivity contribution in [3.63, 3.8) is 0 Å². The summed E-state index contributed by atoms with van der Waals surface area (Å²) in [6, 6.07) is -0.198. The van der Waals surface area contributed by atoms with E-state index in [1.165, 1.54) is 0 Å². The monoisotopic (exact) mass is 316 g/mol. The van der Waals surface area contributed by atoms with Gasteiger partial charge in [0.25, 0.3) is 0 Å². The molecule has 3 unspecified atom stereocenters. The third-order valence-corrected chi connectivity index (χ3v) is 6.57. The maximum absolute atomic E-state index is 12.9. The number of rotatable bonds is 5. The molecule has 0 aromatic rings. The summed E-state index contributed by atoms with van der Waals surface area (Å²) in [7, 11) is -2.97. The summed E-state index contributed by atoms with van der Waals surface area (Å²) in [5, 5.41) is 0. The number of sulfone groups is 1. The zero-order valence-corrected chi connectivity index (χ0v) is 13.8. The highest BCUT2D eigenvalue weighted by atomic mass is 32.2. The molecule has 0 radical (unpaired) electrons. The van der Waals surface area contributed by atoms with Crippen molar-refractivity contribution in [2.24, 2.45) is 11.7 Å². The molecule has 0 aromatic carbocycles. The van der Waals surface area contributed by atoms with Crippen LogP contribution in [0.25, 0.3) is 0 Å². The summed E-state index contributed by atoms with van der Waals surface area (Å²) in [4.78, 5) is 14.7. The fourth-order valence-electron chi connectivity index (χ4n) is 3.50. The molecular weight excluding hydrogens is 288 g/mol. The highest BCUT2D eigenvalue weighted by molar-refractivity contribution is 7.91. The zero-order chi connectivity index (χ0) is 15.5. The van der Waals surface area contributed by atoms with Gasteiger partial charge in [0.05, 0.1) is 17.4 Å². The Morgan fingerprint density at radius 2 is 1.95 bits per heavy atom. The molecule has 1 heterocycles. The maximum Gasteiger partial charge on any atom is 0.227 e. The van der Waals surface area contributed by atoms with E-state index < -0.39 is 9.84 Å². The van der Waals surface area contributed by atoms with Crippen LogP contribution < -0.4 is 5.73 Å². The highest BCUT2D eigenvalue weighted by Crippen LogP contribution is 2.28. The molecule has 1 saturated carbocycles. The number of unbranched alkanes of at least 4 members (excludes halogenated alkanes) is 1. The Balaban J connectivity index is 2.09. The summed E-state index contributed by atoms with van der Waals surface area (Å²) in [6.07, 6.45) is 6.40. The molecule has 2 N–H and O–H groups in total. The summed E-state index contributed by atoms with van der Waals surface area (Å²) in [5.74, 6) is 0.325. The molecule has 5 nitrogen and oxygen atoms in total. The lowest BCUT2D eigenvalue weighted by molar-refractivity contribution is -0.139. The number of hydrogen-bond donors (Lipinski definition) is 1. The largest absolute Gasteiger partial charge is 0.338 e. The van der Waals surface area contributed by atoms with Gasteiger partial charge in [0.1, 0.15) is 0 Å². The van der Waals surface area contributed by atoms with Crippen LogP contribution in [0.2, 0.25) is 0 Å². The minimum absolute atomic E-state index is 0.0617. The Morgan fingerprint density at radius 3 is 2.52 bits per heavy atom. The number of nitrogens with zero attached hydrogens (tertiary/aromatic N) is 1. The average Bonchev–Trinajstić information content (AvgIpc) is 2.79. The third kappa shape index (κ3) is 4.19. The zero-order valence-electron chi connectivity index (χ0n) is 13.0. The van der Waals surface area contributed by atoms with Gasteiger partial charge in [0.15, 0.2) is 9.84 Å². The summed E-state index contributed by atoms with van der Waals surface area (Å²) in [6.45, 7) is 2.75. The van der Waals surface area contributed by atoms with Crippen molar-refractivity contribution >= 4 is 15.7 Å². The van der Waals surface area contributed by atoms with Crippen LogP contribution in [0.3, 0.4) is 0 Å². The lowest BCUT2D eigenvalue weighted by Crippen LogP contribution is -2.50. The number of nitrogens with two attached hydrogens (primary N) is 1. The van der Waals surface area contributed by atoms with Crippen LogP contribution in [-0.4, -0.2) is 49.4 Å². The molecule has 2 fully saturated rings. The lowest BCUT2D eigenvalue weighted by Gasteiger charge is -2.35. The molecule has 0 aromatic heterocycles.